The SMILES string of the molecule is CCC(=O)N[C@@H](CCSC)C(=O)N1CC[C@@H](Nc2ccccc2)C1. The summed E-state index contributed by atoms with van der Waals surface area (Å²) in [4.78, 5) is 26.4. The van der Waals surface area contributed by atoms with Crippen LogP contribution in [0.4, 0.5) is 5.69 Å². The van der Waals surface area contributed by atoms with Crippen molar-refractivity contribution < 1.29 is 9.59 Å². The fourth-order valence-corrected chi connectivity index (χ4v) is 3.33. The molecule has 0 radical (unpaired) electrons. The van der Waals surface area contributed by atoms with Crippen LogP contribution in [0.25, 0.3) is 0 Å². The molecule has 0 spiro atoms. The number of para-hydroxylation sites is 1. The van der Waals surface area contributed by atoms with Crippen LogP contribution in [0, 0.1) is 0 Å². The lowest BCUT2D eigenvalue weighted by Gasteiger charge is -2.24. The Bertz CT molecular complexity index is 538. The van der Waals surface area contributed by atoms with Crippen molar-refractivity contribution in [2.24, 2.45) is 0 Å². The van der Waals surface area contributed by atoms with E-state index in [0.717, 1.165) is 24.4 Å². The van der Waals surface area contributed by atoms with Gasteiger partial charge in [0.25, 0.3) is 0 Å². The van der Waals surface area contributed by atoms with Crippen LogP contribution in [0.2, 0.25) is 0 Å². The Morgan fingerprint density at radius 2 is 2.08 bits per heavy atom. The quantitative estimate of drug-likeness (QED) is 0.756. The predicted octanol–water partition coefficient (Wildman–Crippen LogP) is 2.35. The van der Waals surface area contributed by atoms with E-state index in [1.165, 1.54) is 0 Å². The second kappa shape index (κ2) is 9.57. The Balaban J connectivity index is 1.91. The molecule has 1 aliphatic rings. The normalized spacial score (nSPS) is 18.2. The highest BCUT2D eigenvalue weighted by atomic mass is 32.2. The summed E-state index contributed by atoms with van der Waals surface area (Å²) in [6.45, 7) is 3.23. The fraction of sp³-hybridized carbons (Fsp3) is 0.556. The number of amides is 2. The van der Waals surface area contributed by atoms with Crippen molar-refractivity contribution in [1.29, 1.82) is 0 Å². The van der Waals surface area contributed by atoms with E-state index in [-0.39, 0.29) is 17.9 Å². The molecule has 1 aliphatic heterocycles. The predicted molar refractivity (Wildman–Crippen MR) is 100 cm³/mol. The first-order chi connectivity index (χ1) is 11.6. The molecule has 2 rings (SSSR count). The van der Waals surface area contributed by atoms with Gasteiger partial charge in [-0.05, 0) is 37.0 Å². The standard InChI is InChI=1S/C18H27N3O2S/c1-3-17(22)20-16(10-12-24-2)18(23)21-11-9-15(13-21)19-14-7-5-4-6-8-14/h4-8,15-16,19H,3,9-13H2,1-2H3,(H,20,22)/t15-,16+/m1/s1. The van der Waals surface area contributed by atoms with Crippen LogP contribution in [-0.4, -0.2) is 53.9 Å². The Hall–Kier alpha value is -1.69. The van der Waals surface area contributed by atoms with Gasteiger partial charge in [-0.3, -0.25) is 9.59 Å². The molecule has 0 aliphatic carbocycles. The number of hydrogen-bond donors (Lipinski definition) is 2. The maximum Gasteiger partial charge on any atom is 0.245 e. The van der Waals surface area contributed by atoms with E-state index >= 15 is 0 Å². The second-order valence-corrected chi connectivity index (χ2v) is 7.02. The minimum absolute atomic E-state index is 0.0446. The summed E-state index contributed by atoms with van der Waals surface area (Å²) in [7, 11) is 0. The number of anilines is 1. The maximum atomic E-state index is 12.8. The van der Waals surface area contributed by atoms with Crippen molar-refractivity contribution in [1.82, 2.24) is 10.2 Å². The Kier molecular flexibility index (Phi) is 7.43. The van der Waals surface area contributed by atoms with Gasteiger partial charge in [-0.2, -0.15) is 11.8 Å². The third-order valence-electron chi connectivity index (χ3n) is 4.21. The number of nitrogens with one attached hydrogen (secondary N) is 2. The zero-order valence-electron chi connectivity index (χ0n) is 14.5. The molecule has 6 heteroatoms. The summed E-state index contributed by atoms with van der Waals surface area (Å²) >= 11 is 1.69. The average Bonchev–Trinajstić information content (AvgIpc) is 3.07. The van der Waals surface area contributed by atoms with Gasteiger partial charge in [-0.25, -0.2) is 0 Å². The molecule has 0 unspecified atom stereocenters. The highest BCUT2D eigenvalue weighted by molar-refractivity contribution is 7.98. The number of likely N-dealkylation sites (tertiary alicyclic amines) is 1. The molecule has 0 aromatic heterocycles. The second-order valence-electron chi connectivity index (χ2n) is 6.04. The van der Waals surface area contributed by atoms with Crippen molar-refractivity contribution in [3.05, 3.63) is 30.3 Å². The zero-order valence-corrected chi connectivity index (χ0v) is 15.3. The van der Waals surface area contributed by atoms with E-state index in [2.05, 4.69) is 10.6 Å². The molecule has 132 valence electrons. The van der Waals surface area contributed by atoms with Gasteiger partial charge < -0.3 is 15.5 Å². The summed E-state index contributed by atoms with van der Waals surface area (Å²) < 4.78 is 0. The van der Waals surface area contributed by atoms with E-state index in [0.29, 0.717) is 19.4 Å². The molecule has 1 aromatic carbocycles. The molecule has 24 heavy (non-hydrogen) atoms. The van der Waals surface area contributed by atoms with E-state index in [1.807, 2.05) is 41.5 Å². The fourth-order valence-electron chi connectivity index (χ4n) is 2.86. The van der Waals surface area contributed by atoms with Crippen molar-refractivity contribution in [3.63, 3.8) is 0 Å². The van der Waals surface area contributed by atoms with Crippen LogP contribution in [-0.2, 0) is 9.59 Å². The molecular formula is C18H27N3O2S. The number of benzene rings is 1. The van der Waals surface area contributed by atoms with Crippen LogP contribution in [0.15, 0.2) is 30.3 Å². The average molecular weight is 350 g/mol. The van der Waals surface area contributed by atoms with Crippen molar-refractivity contribution >= 4 is 29.3 Å². The molecule has 1 saturated heterocycles. The van der Waals surface area contributed by atoms with Gasteiger partial charge in [-0.15, -0.1) is 0 Å². The largest absolute Gasteiger partial charge is 0.380 e. The first-order valence-corrected chi connectivity index (χ1v) is 9.92. The molecule has 0 saturated carbocycles. The van der Waals surface area contributed by atoms with E-state index < -0.39 is 6.04 Å². The van der Waals surface area contributed by atoms with E-state index in [4.69, 9.17) is 0 Å². The number of rotatable bonds is 8. The van der Waals surface area contributed by atoms with Crippen molar-refractivity contribution in [2.45, 2.75) is 38.3 Å². The Morgan fingerprint density at radius 3 is 2.75 bits per heavy atom. The van der Waals surface area contributed by atoms with Gasteiger partial charge in [0.15, 0.2) is 0 Å². The van der Waals surface area contributed by atoms with Gasteiger partial charge in [0.1, 0.15) is 6.04 Å². The molecule has 0 bridgehead atoms. The minimum atomic E-state index is -0.402. The molecule has 5 nitrogen and oxygen atoms in total. The lowest BCUT2D eigenvalue weighted by atomic mass is 10.2. The third kappa shape index (κ3) is 5.44. The highest BCUT2D eigenvalue weighted by Gasteiger charge is 2.31. The minimum Gasteiger partial charge on any atom is -0.380 e. The highest BCUT2D eigenvalue weighted by Crippen LogP contribution is 2.17. The third-order valence-corrected chi connectivity index (χ3v) is 4.85. The molecule has 1 heterocycles. The summed E-state index contributed by atoms with van der Waals surface area (Å²) in [6.07, 6.45) is 4.02. The lowest BCUT2D eigenvalue weighted by molar-refractivity contribution is -0.135. The van der Waals surface area contributed by atoms with E-state index in [1.54, 1.807) is 18.7 Å². The van der Waals surface area contributed by atoms with Crippen LogP contribution >= 0.6 is 11.8 Å². The Labute approximate surface area is 148 Å². The topological polar surface area (TPSA) is 61.4 Å². The van der Waals surface area contributed by atoms with Gasteiger partial charge in [0, 0.05) is 31.2 Å². The summed E-state index contributed by atoms with van der Waals surface area (Å²) in [5.41, 5.74) is 1.08. The number of carbonyl (C=O) groups excluding carboxylic acids is 2. The first-order valence-electron chi connectivity index (χ1n) is 8.52. The molecule has 2 N–H and O–H groups in total. The number of carbonyl (C=O) groups is 2. The Morgan fingerprint density at radius 1 is 1.33 bits per heavy atom. The summed E-state index contributed by atoms with van der Waals surface area (Å²) in [5.74, 6) is 0.843. The van der Waals surface area contributed by atoms with E-state index in [9.17, 15) is 9.59 Å². The van der Waals surface area contributed by atoms with Crippen LogP contribution in [0.3, 0.4) is 0 Å². The van der Waals surface area contributed by atoms with Crippen molar-refractivity contribution in [3.8, 4) is 0 Å². The van der Waals surface area contributed by atoms with Crippen LogP contribution in [0.5, 0.6) is 0 Å². The monoisotopic (exact) mass is 349 g/mol. The molecule has 2 amide bonds. The van der Waals surface area contributed by atoms with Gasteiger partial charge in [0.05, 0.1) is 0 Å². The summed E-state index contributed by atoms with van der Waals surface area (Å²) in [6, 6.07) is 9.92. The van der Waals surface area contributed by atoms with Gasteiger partial charge in [0.2, 0.25) is 11.8 Å². The first kappa shape index (κ1) is 18.6. The molecular weight excluding hydrogens is 322 g/mol. The van der Waals surface area contributed by atoms with Crippen LogP contribution < -0.4 is 10.6 Å². The summed E-state index contributed by atoms with van der Waals surface area (Å²) in [5, 5.41) is 6.35. The van der Waals surface area contributed by atoms with Crippen molar-refractivity contribution in [2.75, 3.05) is 30.4 Å². The maximum absolute atomic E-state index is 12.8. The van der Waals surface area contributed by atoms with Gasteiger partial charge >= 0.3 is 0 Å². The lowest BCUT2D eigenvalue weighted by Crippen LogP contribution is -2.48. The van der Waals surface area contributed by atoms with Gasteiger partial charge in [-0.1, -0.05) is 25.1 Å². The number of nitrogens with zero attached hydrogens (tertiary/aromatic N) is 1. The van der Waals surface area contributed by atoms with Crippen LogP contribution in [0.1, 0.15) is 26.2 Å². The number of hydrogen-bond acceptors (Lipinski definition) is 4. The molecule has 1 aromatic rings. The number of thioether (sulfide) groups is 1. The molecule has 1 fully saturated rings. The zero-order chi connectivity index (χ0) is 17.4. The smallest absolute Gasteiger partial charge is 0.245 e. The molecule has 2 atom stereocenters.